The molecule has 1 aliphatic rings. The zero-order valence-electron chi connectivity index (χ0n) is 15.5. The second kappa shape index (κ2) is 8.41. The zero-order chi connectivity index (χ0) is 21.2. The second-order valence-electron chi connectivity index (χ2n) is 6.41. The van der Waals surface area contributed by atoms with Gasteiger partial charge in [0.1, 0.15) is 4.90 Å². The maximum atomic E-state index is 12.9. The summed E-state index contributed by atoms with van der Waals surface area (Å²) >= 11 is 6.10. The van der Waals surface area contributed by atoms with E-state index in [-0.39, 0.29) is 33.5 Å². The summed E-state index contributed by atoms with van der Waals surface area (Å²) < 4.78 is 55.2. The van der Waals surface area contributed by atoms with Crippen LogP contribution in [0.15, 0.2) is 52.3 Å². The molecule has 0 spiro atoms. The largest absolute Gasteiger partial charge is 0.379 e. The predicted molar refractivity (Wildman–Crippen MR) is 109 cm³/mol. The molecular weight excluding hydrogens is 440 g/mol. The van der Waals surface area contributed by atoms with Crippen molar-refractivity contribution in [3.05, 3.63) is 53.1 Å². The van der Waals surface area contributed by atoms with Gasteiger partial charge in [-0.2, -0.15) is 4.31 Å². The molecule has 11 heteroatoms. The Morgan fingerprint density at radius 3 is 2.24 bits per heavy atom. The highest BCUT2D eigenvalue weighted by molar-refractivity contribution is 7.90. The lowest BCUT2D eigenvalue weighted by Gasteiger charge is -2.26. The molecule has 0 unspecified atom stereocenters. The first kappa shape index (κ1) is 21.7. The van der Waals surface area contributed by atoms with Crippen LogP contribution in [0.5, 0.6) is 0 Å². The number of rotatable bonds is 5. The van der Waals surface area contributed by atoms with Crippen LogP contribution < -0.4 is 5.32 Å². The van der Waals surface area contributed by atoms with Gasteiger partial charge in [0.05, 0.1) is 23.1 Å². The number of hydrogen-bond acceptors (Lipinski definition) is 6. The molecule has 0 aromatic heterocycles. The number of nitrogens with one attached hydrogen (secondary N) is 1. The first-order valence-electron chi connectivity index (χ1n) is 8.58. The molecule has 0 radical (unpaired) electrons. The number of sulfonamides is 1. The van der Waals surface area contributed by atoms with E-state index in [1.54, 1.807) is 0 Å². The molecule has 1 amide bonds. The summed E-state index contributed by atoms with van der Waals surface area (Å²) in [7, 11) is -7.21. The molecule has 0 bridgehead atoms. The van der Waals surface area contributed by atoms with Crippen molar-refractivity contribution in [2.75, 3.05) is 37.9 Å². The van der Waals surface area contributed by atoms with E-state index in [9.17, 15) is 21.6 Å². The van der Waals surface area contributed by atoms with Gasteiger partial charge in [0, 0.05) is 30.6 Å². The fourth-order valence-electron chi connectivity index (χ4n) is 2.76. The Hall–Kier alpha value is -1.98. The average molecular weight is 459 g/mol. The number of halogens is 1. The van der Waals surface area contributed by atoms with Crippen molar-refractivity contribution in [2.24, 2.45) is 0 Å². The standard InChI is InChI=1S/C18H19ClN2O6S2/c1-28(23,24)15-5-3-14(4-6-15)20-18(22)13-2-7-16(19)17(12-13)29(25,26)21-8-10-27-11-9-21/h2-7,12H,8-11H2,1H3,(H,20,22). The van der Waals surface area contributed by atoms with Crippen molar-refractivity contribution in [1.29, 1.82) is 0 Å². The minimum atomic E-state index is -3.87. The Morgan fingerprint density at radius 1 is 1.03 bits per heavy atom. The number of carbonyl (C=O) groups excluding carboxylic acids is 1. The topological polar surface area (TPSA) is 110 Å². The normalized spacial score (nSPS) is 15.8. The van der Waals surface area contributed by atoms with E-state index in [0.717, 1.165) is 6.26 Å². The van der Waals surface area contributed by atoms with Crippen molar-refractivity contribution in [3.63, 3.8) is 0 Å². The molecule has 3 rings (SSSR count). The quantitative estimate of drug-likeness (QED) is 0.734. The van der Waals surface area contributed by atoms with Crippen molar-refractivity contribution >= 4 is 43.1 Å². The van der Waals surface area contributed by atoms with Crippen molar-refractivity contribution in [1.82, 2.24) is 4.31 Å². The molecule has 2 aromatic rings. The molecule has 156 valence electrons. The number of morpholine rings is 1. The molecule has 29 heavy (non-hydrogen) atoms. The Bertz CT molecular complexity index is 1130. The van der Waals surface area contributed by atoms with Crippen LogP contribution in [0.25, 0.3) is 0 Å². The third kappa shape index (κ3) is 4.96. The van der Waals surface area contributed by atoms with Gasteiger partial charge < -0.3 is 10.1 Å². The van der Waals surface area contributed by atoms with Gasteiger partial charge in [0.2, 0.25) is 10.0 Å². The molecule has 1 heterocycles. The number of benzene rings is 2. The summed E-state index contributed by atoms with van der Waals surface area (Å²) in [5.74, 6) is -0.549. The van der Waals surface area contributed by atoms with Crippen molar-refractivity contribution in [2.45, 2.75) is 9.79 Å². The SMILES string of the molecule is CS(=O)(=O)c1ccc(NC(=O)c2ccc(Cl)c(S(=O)(=O)N3CCOCC3)c2)cc1. The van der Waals surface area contributed by atoms with Crippen LogP contribution in [0.2, 0.25) is 5.02 Å². The van der Waals surface area contributed by atoms with E-state index in [0.29, 0.717) is 18.9 Å². The molecule has 0 aliphatic carbocycles. The van der Waals surface area contributed by atoms with Gasteiger partial charge in [-0.3, -0.25) is 4.79 Å². The summed E-state index contributed by atoms with van der Waals surface area (Å²) in [5.41, 5.74) is 0.475. The molecule has 1 fully saturated rings. The predicted octanol–water partition coefficient (Wildman–Crippen LogP) is 2.02. The molecule has 1 saturated heterocycles. The van der Waals surface area contributed by atoms with Gasteiger partial charge >= 0.3 is 0 Å². The summed E-state index contributed by atoms with van der Waals surface area (Å²) in [6.45, 7) is 1.00. The second-order valence-corrected chi connectivity index (χ2v) is 10.7. The number of anilines is 1. The van der Waals surface area contributed by atoms with Crippen LogP contribution >= 0.6 is 11.6 Å². The maximum absolute atomic E-state index is 12.9. The summed E-state index contributed by atoms with van der Waals surface area (Å²) in [6, 6.07) is 9.66. The van der Waals surface area contributed by atoms with E-state index in [4.69, 9.17) is 16.3 Å². The highest BCUT2D eigenvalue weighted by Crippen LogP contribution is 2.27. The molecule has 1 aliphatic heterocycles. The van der Waals surface area contributed by atoms with E-state index in [1.807, 2.05) is 0 Å². The van der Waals surface area contributed by atoms with Crippen LogP contribution in [-0.2, 0) is 24.6 Å². The third-order valence-corrected chi connectivity index (χ3v) is 7.83. The molecule has 0 saturated carbocycles. The van der Waals surface area contributed by atoms with Gasteiger partial charge in [-0.15, -0.1) is 0 Å². The van der Waals surface area contributed by atoms with Crippen LogP contribution in [0.3, 0.4) is 0 Å². The Labute approximate surface area is 174 Å². The van der Waals surface area contributed by atoms with E-state index in [2.05, 4.69) is 5.32 Å². The number of amides is 1. The van der Waals surface area contributed by atoms with Crippen LogP contribution in [0.4, 0.5) is 5.69 Å². The Kier molecular flexibility index (Phi) is 6.30. The molecule has 2 aromatic carbocycles. The lowest BCUT2D eigenvalue weighted by molar-refractivity contribution is 0.0730. The van der Waals surface area contributed by atoms with E-state index in [1.165, 1.54) is 46.8 Å². The monoisotopic (exact) mass is 458 g/mol. The third-order valence-electron chi connectivity index (χ3n) is 4.32. The number of sulfone groups is 1. The minimum absolute atomic E-state index is 0.0190. The molecule has 8 nitrogen and oxygen atoms in total. The van der Waals surface area contributed by atoms with Crippen molar-refractivity contribution < 1.29 is 26.4 Å². The van der Waals surface area contributed by atoms with E-state index < -0.39 is 25.8 Å². The lowest BCUT2D eigenvalue weighted by Crippen LogP contribution is -2.40. The number of carbonyl (C=O) groups is 1. The van der Waals surface area contributed by atoms with Crippen molar-refractivity contribution in [3.8, 4) is 0 Å². The van der Waals surface area contributed by atoms with Gasteiger partial charge in [-0.25, -0.2) is 16.8 Å². The molecule has 1 N–H and O–H groups in total. The van der Waals surface area contributed by atoms with Crippen LogP contribution in [0.1, 0.15) is 10.4 Å². The zero-order valence-corrected chi connectivity index (χ0v) is 17.8. The smallest absolute Gasteiger partial charge is 0.255 e. The number of ether oxygens (including phenoxy) is 1. The Morgan fingerprint density at radius 2 is 1.66 bits per heavy atom. The van der Waals surface area contributed by atoms with Crippen LogP contribution in [-0.4, -0.2) is 59.6 Å². The molecular formula is C18H19ClN2O6S2. The average Bonchev–Trinajstić information content (AvgIpc) is 2.68. The fourth-order valence-corrected chi connectivity index (χ4v) is 5.30. The van der Waals surface area contributed by atoms with E-state index >= 15 is 0 Å². The maximum Gasteiger partial charge on any atom is 0.255 e. The summed E-state index contributed by atoms with van der Waals surface area (Å²) in [5, 5.41) is 2.63. The Balaban J connectivity index is 1.84. The minimum Gasteiger partial charge on any atom is -0.379 e. The highest BCUT2D eigenvalue weighted by atomic mass is 35.5. The summed E-state index contributed by atoms with van der Waals surface area (Å²) in [4.78, 5) is 12.5. The first-order chi connectivity index (χ1) is 13.6. The summed E-state index contributed by atoms with van der Waals surface area (Å²) in [6.07, 6.45) is 1.09. The van der Waals surface area contributed by atoms with Gasteiger partial charge in [0.25, 0.3) is 5.91 Å². The van der Waals surface area contributed by atoms with Gasteiger partial charge in [-0.1, -0.05) is 11.6 Å². The number of hydrogen-bond donors (Lipinski definition) is 1. The number of nitrogens with zero attached hydrogens (tertiary/aromatic N) is 1. The van der Waals surface area contributed by atoms with Crippen LogP contribution in [0, 0.1) is 0 Å². The fraction of sp³-hybridized carbons (Fsp3) is 0.278. The van der Waals surface area contributed by atoms with Gasteiger partial charge in [-0.05, 0) is 42.5 Å². The first-order valence-corrected chi connectivity index (χ1v) is 12.3. The van der Waals surface area contributed by atoms with Gasteiger partial charge in [0.15, 0.2) is 9.84 Å². The lowest BCUT2D eigenvalue weighted by atomic mass is 10.2. The highest BCUT2D eigenvalue weighted by Gasteiger charge is 2.29. The molecule has 0 atom stereocenters.